The molecule has 7 heteroatoms. The van der Waals surface area contributed by atoms with Crippen LogP contribution in [0, 0.1) is 11.3 Å². The molecule has 0 saturated carbocycles. The second-order valence-corrected chi connectivity index (χ2v) is 5.70. The minimum atomic E-state index is -0.559. The van der Waals surface area contributed by atoms with Crippen molar-refractivity contribution >= 4 is 18.0 Å². The van der Waals surface area contributed by atoms with E-state index < -0.39 is 11.9 Å². The molecule has 0 aliphatic rings. The Hall–Kier alpha value is -4.05. The Bertz CT molecular complexity index is 972. The molecule has 0 bridgehead atoms. The standard InChI is InChI=1S/C22H20N2O5/c1-4-11-24-21(25)17(14-23)12-15-5-10-19(20(13-15)28-3)29-22(26)16-6-8-18(27-2)9-7-16/h4-10,12-13H,1,11H2,2-3H3,(H,24,25). The summed E-state index contributed by atoms with van der Waals surface area (Å²) in [5.41, 5.74) is 0.816. The van der Waals surface area contributed by atoms with Crippen LogP contribution in [0.15, 0.2) is 60.7 Å². The fourth-order valence-corrected chi connectivity index (χ4v) is 2.32. The maximum Gasteiger partial charge on any atom is 0.343 e. The summed E-state index contributed by atoms with van der Waals surface area (Å²) < 4.78 is 15.7. The quantitative estimate of drug-likeness (QED) is 0.244. The van der Waals surface area contributed by atoms with Crippen LogP contribution < -0.4 is 19.5 Å². The summed E-state index contributed by atoms with van der Waals surface area (Å²) in [4.78, 5) is 24.3. The highest BCUT2D eigenvalue weighted by atomic mass is 16.6. The number of hydrogen-bond acceptors (Lipinski definition) is 6. The van der Waals surface area contributed by atoms with Gasteiger partial charge in [-0.25, -0.2) is 4.79 Å². The van der Waals surface area contributed by atoms with E-state index in [0.29, 0.717) is 16.9 Å². The molecule has 2 aromatic rings. The highest BCUT2D eigenvalue weighted by Gasteiger charge is 2.14. The van der Waals surface area contributed by atoms with Gasteiger partial charge in [0.1, 0.15) is 17.4 Å². The number of carbonyl (C=O) groups excluding carboxylic acids is 2. The summed E-state index contributed by atoms with van der Waals surface area (Å²) in [5.74, 6) is 0.0438. The molecule has 2 rings (SSSR count). The molecule has 0 spiro atoms. The van der Waals surface area contributed by atoms with E-state index in [4.69, 9.17) is 14.2 Å². The first-order valence-electron chi connectivity index (χ1n) is 8.57. The largest absolute Gasteiger partial charge is 0.497 e. The van der Waals surface area contributed by atoms with Gasteiger partial charge in [-0.1, -0.05) is 12.1 Å². The summed E-state index contributed by atoms with van der Waals surface area (Å²) >= 11 is 0. The van der Waals surface area contributed by atoms with Gasteiger partial charge in [-0.3, -0.25) is 4.79 Å². The zero-order chi connectivity index (χ0) is 21.2. The summed E-state index contributed by atoms with van der Waals surface area (Å²) in [6.45, 7) is 3.76. The lowest BCUT2D eigenvalue weighted by Gasteiger charge is -2.10. The molecule has 1 amide bonds. The fraction of sp³-hybridized carbons (Fsp3) is 0.136. The van der Waals surface area contributed by atoms with Crippen LogP contribution in [-0.4, -0.2) is 32.6 Å². The van der Waals surface area contributed by atoms with Crippen molar-refractivity contribution in [3.05, 3.63) is 71.8 Å². The number of nitrogens with zero attached hydrogens (tertiary/aromatic N) is 1. The lowest BCUT2D eigenvalue weighted by Crippen LogP contribution is -2.24. The molecule has 148 valence electrons. The van der Waals surface area contributed by atoms with Crippen LogP contribution in [-0.2, 0) is 4.79 Å². The van der Waals surface area contributed by atoms with Crippen molar-refractivity contribution < 1.29 is 23.8 Å². The van der Waals surface area contributed by atoms with E-state index in [0.717, 1.165) is 0 Å². The van der Waals surface area contributed by atoms with Crippen molar-refractivity contribution in [2.75, 3.05) is 20.8 Å². The van der Waals surface area contributed by atoms with Gasteiger partial charge < -0.3 is 19.5 Å². The van der Waals surface area contributed by atoms with Crippen LogP contribution in [0.5, 0.6) is 17.2 Å². The zero-order valence-electron chi connectivity index (χ0n) is 16.1. The molecule has 0 aliphatic carbocycles. The minimum Gasteiger partial charge on any atom is -0.497 e. The number of methoxy groups -OCH3 is 2. The first-order valence-corrected chi connectivity index (χ1v) is 8.57. The fourth-order valence-electron chi connectivity index (χ4n) is 2.32. The molecule has 0 fully saturated rings. The number of carbonyl (C=O) groups is 2. The van der Waals surface area contributed by atoms with Gasteiger partial charge in [0, 0.05) is 6.54 Å². The maximum atomic E-state index is 12.3. The molecule has 7 nitrogen and oxygen atoms in total. The highest BCUT2D eigenvalue weighted by molar-refractivity contribution is 6.01. The minimum absolute atomic E-state index is 0.0723. The molecule has 0 radical (unpaired) electrons. The molecule has 0 atom stereocenters. The molecule has 0 aliphatic heterocycles. The Morgan fingerprint density at radius 2 is 1.83 bits per heavy atom. The van der Waals surface area contributed by atoms with Crippen molar-refractivity contribution in [1.29, 1.82) is 5.26 Å². The Morgan fingerprint density at radius 3 is 2.41 bits per heavy atom. The van der Waals surface area contributed by atoms with E-state index in [-0.39, 0.29) is 23.6 Å². The number of ether oxygens (including phenoxy) is 3. The van der Waals surface area contributed by atoms with Gasteiger partial charge in [0.25, 0.3) is 5.91 Å². The Morgan fingerprint density at radius 1 is 1.10 bits per heavy atom. The number of nitrogens with one attached hydrogen (secondary N) is 1. The van der Waals surface area contributed by atoms with Gasteiger partial charge in [-0.15, -0.1) is 6.58 Å². The summed E-state index contributed by atoms with van der Waals surface area (Å²) in [7, 11) is 2.96. The summed E-state index contributed by atoms with van der Waals surface area (Å²) in [6, 6.07) is 13.0. The third-order valence-corrected chi connectivity index (χ3v) is 3.80. The second-order valence-electron chi connectivity index (χ2n) is 5.70. The molecule has 0 unspecified atom stereocenters. The van der Waals surface area contributed by atoms with E-state index in [2.05, 4.69) is 11.9 Å². The first-order chi connectivity index (χ1) is 14.0. The maximum absolute atomic E-state index is 12.3. The van der Waals surface area contributed by atoms with Crippen molar-refractivity contribution in [1.82, 2.24) is 5.32 Å². The molecular formula is C22H20N2O5. The lowest BCUT2D eigenvalue weighted by atomic mass is 10.1. The Kier molecular flexibility index (Phi) is 7.57. The zero-order valence-corrected chi connectivity index (χ0v) is 16.1. The van der Waals surface area contributed by atoms with Gasteiger partial charge in [0.15, 0.2) is 11.5 Å². The molecular weight excluding hydrogens is 372 g/mol. The van der Waals surface area contributed by atoms with Gasteiger partial charge in [0.05, 0.1) is 19.8 Å². The van der Waals surface area contributed by atoms with Crippen LogP contribution in [0.3, 0.4) is 0 Å². The van der Waals surface area contributed by atoms with Crippen molar-refractivity contribution in [3.8, 4) is 23.3 Å². The van der Waals surface area contributed by atoms with Gasteiger partial charge in [-0.05, 0) is 48.0 Å². The van der Waals surface area contributed by atoms with Crippen molar-refractivity contribution in [2.45, 2.75) is 0 Å². The van der Waals surface area contributed by atoms with Crippen LogP contribution in [0.25, 0.3) is 6.08 Å². The Labute approximate surface area is 168 Å². The van der Waals surface area contributed by atoms with E-state index in [1.165, 1.54) is 32.4 Å². The summed E-state index contributed by atoms with van der Waals surface area (Å²) in [5, 5.41) is 11.7. The predicted octanol–water partition coefficient (Wildman–Crippen LogP) is 3.13. The highest BCUT2D eigenvalue weighted by Crippen LogP contribution is 2.30. The molecule has 0 aromatic heterocycles. The number of nitriles is 1. The normalized spacial score (nSPS) is 10.4. The lowest BCUT2D eigenvalue weighted by molar-refractivity contribution is -0.116. The second kappa shape index (κ2) is 10.3. The van der Waals surface area contributed by atoms with Gasteiger partial charge in [-0.2, -0.15) is 5.26 Å². The van der Waals surface area contributed by atoms with Crippen molar-refractivity contribution in [2.24, 2.45) is 0 Å². The number of rotatable bonds is 8. The van der Waals surface area contributed by atoms with Gasteiger partial charge in [0.2, 0.25) is 0 Å². The number of esters is 1. The third-order valence-electron chi connectivity index (χ3n) is 3.80. The van der Waals surface area contributed by atoms with Crippen LogP contribution >= 0.6 is 0 Å². The van der Waals surface area contributed by atoms with Crippen LogP contribution in [0.1, 0.15) is 15.9 Å². The van der Waals surface area contributed by atoms with E-state index in [1.54, 1.807) is 36.4 Å². The van der Waals surface area contributed by atoms with Crippen LogP contribution in [0.4, 0.5) is 0 Å². The van der Waals surface area contributed by atoms with Crippen molar-refractivity contribution in [3.63, 3.8) is 0 Å². The van der Waals surface area contributed by atoms with Crippen LogP contribution in [0.2, 0.25) is 0 Å². The van der Waals surface area contributed by atoms with E-state index in [9.17, 15) is 14.9 Å². The SMILES string of the molecule is C=CCNC(=O)C(C#N)=Cc1ccc(OC(=O)c2ccc(OC)cc2)c(OC)c1. The molecule has 0 heterocycles. The smallest absolute Gasteiger partial charge is 0.343 e. The molecule has 1 N–H and O–H groups in total. The third kappa shape index (κ3) is 5.71. The molecule has 29 heavy (non-hydrogen) atoms. The van der Waals surface area contributed by atoms with E-state index >= 15 is 0 Å². The first kappa shape index (κ1) is 21.3. The van der Waals surface area contributed by atoms with E-state index in [1.807, 2.05) is 6.07 Å². The molecule has 2 aromatic carbocycles. The number of benzene rings is 2. The summed E-state index contributed by atoms with van der Waals surface area (Å²) in [6.07, 6.45) is 2.93. The topological polar surface area (TPSA) is 97.7 Å². The number of amides is 1. The van der Waals surface area contributed by atoms with Gasteiger partial charge >= 0.3 is 5.97 Å². The Balaban J connectivity index is 2.22. The average Bonchev–Trinajstić information content (AvgIpc) is 2.76. The average molecular weight is 392 g/mol. The molecule has 0 saturated heterocycles. The predicted molar refractivity (Wildman–Crippen MR) is 108 cm³/mol. The number of hydrogen-bond donors (Lipinski definition) is 1. The monoisotopic (exact) mass is 392 g/mol.